The molecule has 0 amide bonds. The molecule has 0 unspecified atom stereocenters. The molecular formula is C50H33NO. The normalized spacial score (nSPS) is 11.5. The first kappa shape index (κ1) is 30.0. The van der Waals surface area contributed by atoms with E-state index in [1.54, 1.807) is 0 Å². The molecule has 0 saturated heterocycles. The van der Waals surface area contributed by atoms with Crippen molar-refractivity contribution in [1.82, 2.24) is 0 Å². The van der Waals surface area contributed by atoms with Crippen molar-refractivity contribution in [3.8, 4) is 33.4 Å². The van der Waals surface area contributed by atoms with Gasteiger partial charge in [-0.1, -0.05) is 164 Å². The Bertz CT molecular complexity index is 2850. The lowest BCUT2D eigenvalue weighted by Crippen LogP contribution is -2.12. The summed E-state index contributed by atoms with van der Waals surface area (Å²) < 4.78 is 6.65. The third-order valence-corrected chi connectivity index (χ3v) is 10.2. The Labute approximate surface area is 302 Å². The average molecular weight is 664 g/mol. The van der Waals surface area contributed by atoms with Gasteiger partial charge in [0.1, 0.15) is 11.2 Å². The number of hydrogen-bond acceptors (Lipinski definition) is 2. The topological polar surface area (TPSA) is 16.4 Å². The number of furan rings is 1. The number of para-hydroxylation sites is 3. The molecule has 10 aromatic rings. The quantitative estimate of drug-likeness (QED) is 0.165. The molecular weight excluding hydrogens is 631 g/mol. The Hall–Kier alpha value is -6.90. The molecule has 244 valence electrons. The van der Waals surface area contributed by atoms with Gasteiger partial charge in [-0.3, -0.25) is 0 Å². The van der Waals surface area contributed by atoms with E-state index in [4.69, 9.17) is 4.42 Å². The van der Waals surface area contributed by atoms with Crippen molar-refractivity contribution in [3.63, 3.8) is 0 Å². The first-order valence-electron chi connectivity index (χ1n) is 17.8. The monoisotopic (exact) mass is 663 g/mol. The maximum atomic E-state index is 6.65. The maximum Gasteiger partial charge on any atom is 0.143 e. The Morgan fingerprint density at radius 3 is 1.63 bits per heavy atom. The molecule has 2 nitrogen and oxygen atoms in total. The van der Waals surface area contributed by atoms with E-state index in [1.807, 2.05) is 6.07 Å². The van der Waals surface area contributed by atoms with Crippen molar-refractivity contribution in [2.24, 2.45) is 0 Å². The highest BCUT2D eigenvalue weighted by Gasteiger charge is 2.23. The van der Waals surface area contributed by atoms with Gasteiger partial charge in [-0.25, -0.2) is 0 Å². The van der Waals surface area contributed by atoms with Crippen LogP contribution in [0.15, 0.2) is 205 Å². The van der Waals surface area contributed by atoms with Crippen molar-refractivity contribution in [1.29, 1.82) is 0 Å². The fourth-order valence-corrected chi connectivity index (χ4v) is 7.82. The van der Waals surface area contributed by atoms with Crippen LogP contribution in [0.25, 0.3) is 76.9 Å². The van der Waals surface area contributed by atoms with Gasteiger partial charge in [0.15, 0.2) is 0 Å². The summed E-state index contributed by atoms with van der Waals surface area (Å²) in [7, 11) is 0. The standard InChI is InChI=1S/C50H33NO/c1-3-16-34(17-4-1)37-30-38(35-18-5-2-6-19-35)32-39(31-37)51(48-33-36-20-7-8-21-40(36)41-22-9-10-23-42(41)48)47-28-13-11-24-43(47)45-26-15-27-46-44-25-12-14-29-49(44)52-50(45)46/h1-33H. The minimum absolute atomic E-state index is 0.891. The van der Waals surface area contributed by atoms with E-state index in [0.29, 0.717) is 0 Å². The largest absolute Gasteiger partial charge is 0.455 e. The Kier molecular flexibility index (Phi) is 7.18. The molecule has 0 aliphatic heterocycles. The number of benzene rings is 9. The van der Waals surface area contributed by atoms with Crippen molar-refractivity contribution in [3.05, 3.63) is 200 Å². The van der Waals surface area contributed by atoms with Gasteiger partial charge in [-0.05, 0) is 74.8 Å². The zero-order valence-corrected chi connectivity index (χ0v) is 28.4. The summed E-state index contributed by atoms with van der Waals surface area (Å²) in [4.78, 5) is 2.46. The molecule has 0 radical (unpaired) electrons. The number of anilines is 3. The highest BCUT2D eigenvalue weighted by molar-refractivity contribution is 6.16. The first-order chi connectivity index (χ1) is 25.8. The van der Waals surface area contributed by atoms with Crippen LogP contribution in [0.5, 0.6) is 0 Å². The Morgan fingerprint density at radius 2 is 0.885 bits per heavy atom. The van der Waals surface area contributed by atoms with E-state index >= 15 is 0 Å². The van der Waals surface area contributed by atoms with Crippen LogP contribution in [-0.4, -0.2) is 0 Å². The SMILES string of the molecule is c1ccc(-c2cc(-c3ccccc3)cc(N(c3ccccc3-c3cccc4c3oc3ccccc34)c3cc4ccccc4c4ccccc34)c2)cc1. The van der Waals surface area contributed by atoms with Crippen molar-refractivity contribution in [2.75, 3.05) is 4.90 Å². The van der Waals surface area contributed by atoms with E-state index in [9.17, 15) is 0 Å². The van der Waals surface area contributed by atoms with Gasteiger partial charge in [0.05, 0.1) is 11.4 Å². The number of rotatable bonds is 6. The van der Waals surface area contributed by atoms with Crippen LogP contribution >= 0.6 is 0 Å². The third-order valence-electron chi connectivity index (χ3n) is 10.2. The molecule has 0 aliphatic carbocycles. The summed E-state index contributed by atoms with van der Waals surface area (Å²) in [6.45, 7) is 0. The Morgan fingerprint density at radius 1 is 0.327 bits per heavy atom. The fraction of sp³-hybridized carbons (Fsp3) is 0. The molecule has 0 N–H and O–H groups in total. The lowest BCUT2D eigenvalue weighted by molar-refractivity contribution is 0.670. The second-order valence-electron chi connectivity index (χ2n) is 13.3. The smallest absolute Gasteiger partial charge is 0.143 e. The second kappa shape index (κ2) is 12.5. The van der Waals surface area contributed by atoms with Crippen LogP contribution in [0.2, 0.25) is 0 Å². The molecule has 52 heavy (non-hydrogen) atoms. The van der Waals surface area contributed by atoms with Crippen molar-refractivity contribution < 1.29 is 4.42 Å². The summed E-state index contributed by atoms with van der Waals surface area (Å²) >= 11 is 0. The molecule has 9 aromatic carbocycles. The van der Waals surface area contributed by atoms with Crippen LogP contribution in [0.4, 0.5) is 17.1 Å². The lowest BCUT2D eigenvalue weighted by atomic mass is 9.94. The molecule has 0 bridgehead atoms. The molecule has 0 fully saturated rings. The van der Waals surface area contributed by atoms with Crippen molar-refractivity contribution in [2.45, 2.75) is 0 Å². The van der Waals surface area contributed by atoms with Gasteiger partial charge in [-0.2, -0.15) is 0 Å². The zero-order valence-electron chi connectivity index (χ0n) is 28.4. The van der Waals surface area contributed by atoms with Gasteiger partial charge >= 0.3 is 0 Å². The molecule has 0 saturated carbocycles. The van der Waals surface area contributed by atoms with Crippen LogP contribution < -0.4 is 4.90 Å². The summed E-state index contributed by atoms with van der Waals surface area (Å²) in [5.41, 5.74) is 11.8. The van der Waals surface area contributed by atoms with Crippen LogP contribution in [0.1, 0.15) is 0 Å². The number of nitrogens with zero attached hydrogens (tertiary/aromatic N) is 1. The van der Waals surface area contributed by atoms with E-state index in [0.717, 1.165) is 61.3 Å². The highest BCUT2D eigenvalue weighted by Crippen LogP contribution is 2.48. The van der Waals surface area contributed by atoms with E-state index < -0.39 is 0 Å². The zero-order chi connectivity index (χ0) is 34.4. The Balaban J connectivity index is 1.31. The fourth-order valence-electron chi connectivity index (χ4n) is 7.82. The van der Waals surface area contributed by atoms with Crippen LogP contribution in [0, 0.1) is 0 Å². The molecule has 0 spiro atoms. The van der Waals surface area contributed by atoms with Gasteiger partial charge in [0.2, 0.25) is 0 Å². The summed E-state index contributed by atoms with van der Waals surface area (Å²) in [6, 6.07) is 71.8. The number of hydrogen-bond donors (Lipinski definition) is 0. The molecule has 1 aromatic heterocycles. The van der Waals surface area contributed by atoms with Gasteiger partial charge in [0, 0.05) is 33.0 Å². The second-order valence-corrected chi connectivity index (χ2v) is 13.3. The van der Waals surface area contributed by atoms with Crippen LogP contribution in [0.3, 0.4) is 0 Å². The van der Waals surface area contributed by atoms with E-state index in [2.05, 4.69) is 199 Å². The number of fused-ring (bicyclic) bond motifs is 6. The predicted molar refractivity (Wildman–Crippen MR) is 220 cm³/mol. The molecule has 0 atom stereocenters. The molecule has 2 heteroatoms. The summed E-state index contributed by atoms with van der Waals surface area (Å²) in [5.74, 6) is 0. The van der Waals surface area contributed by atoms with Crippen LogP contribution in [-0.2, 0) is 0 Å². The summed E-state index contributed by atoms with van der Waals surface area (Å²) in [6.07, 6.45) is 0. The third kappa shape index (κ3) is 5.04. The lowest BCUT2D eigenvalue weighted by Gasteiger charge is -2.30. The van der Waals surface area contributed by atoms with E-state index in [1.165, 1.54) is 32.7 Å². The van der Waals surface area contributed by atoms with Gasteiger partial charge < -0.3 is 9.32 Å². The maximum absolute atomic E-state index is 6.65. The van der Waals surface area contributed by atoms with Crippen molar-refractivity contribution >= 4 is 60.5 Å². The highest BCUT2D eigenvalue weighted by atomic mass is 16.3. The minimum atomic E-state index is 0.891. The van der Waals surface area contributed by atoms with Gasteiger partial charge in [0.25, 0.3) is 0 Å². The molecule has 0 aliphatic rings. The minimum Gasteiger partial charge on any atom is -0.455 e. The van der Waals surface area contributed by atoms with Gasteiger partial charge in [-0.15, -0.1) is 0 Å². The van der Waals surface area contributed by atoms with E-state index in [-0.39, 0.29) is 0 Å². The molecule has 1 heterocycles. The average Bonchev–Trinajstić information content (AvgIpc) is 3.61. The first-order valence-corrected chi connectivity index (χ1v) is 17.8. The molecule has 10 rings (SSSR count). The summed E-state index contributed by atoms with van der Waals surface area (Å²) in [5, 5.41) is 7.08. The predicted octanol–water partition coefficient (Wildman–Crippen LogP) is 14.4.